The normalized spacial score (nSPS) is 10.1. The van der Waals surface area contributed by atoms with Crippen molar-refractivity contribution >= 4 is 11.0 Å². The highest BCUT2D eigenvalue weighted by Crippen LogP contribution is 2.19. The Hall–Kier alpha value is -1.78. The van der Waals surface area contributed by atoms with Gasteiger partial charge in [-0.05, 0) is 22.6 Å². The molecular weight excluding hydrogens is 156 g/mol. The van der Waals surface area contributed by atoms with Crippen molar-refractivity contribution in [2.75, 3.05) is 7.11 Å². The van der Waals surface area contributed by atoms with Crippen LogP contribution in [0.15, 0.2) is 18.2 Å². The largest absolute Gasteiger partial charge is 0.494 e. The maximum absolute atomic E-state index is 5.06. The van der Waals surface area contributed by atoms with Gasteiger partial charge in [-0.3, -0.25) is 0 Å². The molecule has 5 heteroatoms. The lowest BCUT2D eigenvalue weighted by atomic mass is 10.3. The van der Waals surface area contributed by atoms with Gasteiger partial charge in [0.15, 0.2) is 5.52 Å². The molecule has 5 nitrogen and oxygen atoms in total. The summed E-state index contributed by atoms with van der Waals surface area (Å²) in [6.07, 6.45) is 0. The third-order valence-corrected chi connectivity index (χ3v) is 1.53. The van der Waals surface area contributed by atoms with Crippen LogP contribution in [0.5, 0.6) is 5.75 Å². The van der Waals surface area contributed by atoms with E-state index < -0.39 is 0 Å². The van der Waals surface area contributed by atoms with Crippen LogP contribution in [0, 0.1) is 0 Å². The zero-order valence-corrected chi connectivity index (χ0v) is 6.43. The van der Waals surface area contributed by atoms with Gasteiger partial charge in [0.05, 0.1) is 7.11 Å². The van der Waals surface area contributed by atoms with Crippen LogP contribution in [0.1, 0.15) is 0 Å². The fourth-order valence-corrected chi connectivity index (χ4v) is 0.990. The number of fused-ring (bicyclic) bond motifs is 1. The van der Waals surface area contributed by atoms with Gasteiger partial charge in [-0.15, -0.1) is 10.2 Å². The van der Waals surface area contributed by atoms with Crippen LogP contribution in [0.4, 0.5) is 0 Å². The number of methoxy groups -OCH3 is 1. The van der Waals surface area contributed by atoms with Crippen LogP contribution in [0.3, 0.4) is 0 Å². The molecule has 2 rings (SSSR count). The molecule has 0 bridgehead atoms. The van der Waals surface area contributed by atoms with Crippen molar-refractivity contribution in [1.29, 1.82) is 0 Å². The highest BCUT2D eigenvalue weighted by atomic mass is 16.5. The monoisotopic (exact) mass is 162 g/mol. The van der Waals surface area contributed by atoms with Crippen LogP contribution in [0.25, 0.3) is 11.0 Å². The Balaban J connectivity index is 2.79. The van der Waals surface area contributed by atoms with Crippen LogP contribution in [0.2, 0.25) is 0 Å². The zero-order chi connectivity index (χ0) is 8.39. The van der Waals surface area contributed by atoms with E-state index >= 15 is 0 Å². The number of benzene rings is 1. The molecule has 0 aliphatic heterocycles. The van der Waals surface area contributed by atoms with Crippen LogP contribution >= 0.6 is 0 Å². The van der Waals surface area contributed by atoms with E-state index in [0.717, 1.165) is 0 Å². The second kappa shape index (κ2) is 2.69. The Morgan fingerprint density at radius 3 is 2.83 bits per heavy atom. The summed E-state index contributed by atoms with van der Waals surface area (Å²) < 4.78 is 5.06. The molecule has 0 unspecified atom stereocenters. The van der Waals surface area contributed by atoms with E-state index in [0.29, 0.717) is 16.8 Å². The number of rotatable bonds is 1. The van der Waals surface area contributed by atoms with Crippen LogP contribution in [-0.2, 0) is 0 Å². The first-order valence-electron chi connectivity index (χ1n) is 3.40. The van der Waals surface area contributed by atoms with Gasteiger partial charge in [0, 0.05) is 0 Å². The van der Waals surface area contributed by atoms with Gasteiger partial charge in [-0.25, -0.2) is 0 Å². The predicted molar refractivity (Wildman–Crippen MR) is 41.7 cm³/mol. The molecule has 2 aromatic rings. The van der Waals surface area contributed by atoms with Gasteiger partial charge < -0.3 is 4.74 Å². The van der Waals surface area contributed by atoms with Crippen LogP contribution < -0.4 is 4.74 Å². The molecular formula is C7H6N4O. The third-order valence-electron chi connectivity index (χ3n) is 1.53. The van der Waals surface area contributed by atoms with Gasteiger partial charge in [-0.1, -0.05) is 6.07 Å². The molecule has 1 aromatic heterocycles. The summed E-state index contributed by atoms with van der Waals surface area (Å²) in [4.78, 5) is 0. The minimum Gasteiger partial charge on any atom is -0.494 e. The maximum atomic E-state index is 5.06. The van der Waals surface area contributed by atoms with Gasteiger partial charge in [-0.2, -0.15) is 0 Å². The molecule has 0 radical (unpaired) electrons. The number of nitrogens with zero attached hydrogens (tertiary/aromatic N) is 4. The third kappa shape index (κ3) is 0.952. The Morgan fingerprint density at radius 1 is 1.17 bits per heavy atom. The first-order chi connectivity index (χ1) is 5.92. The van der Waals surface area contributed by atoms with E-state index in [1.54, 1.807) is 19.2 Å². The summed E-state index contributed by atoms with van der Waals surface area (Å²) in [6, 6.07) is 5.44. The fourth-order valence-electron chi connectivity index (χ4n) is 0.990. The summed E-state index contributed by atoms with van der Waals surface area (Å²) in [5, 5.41) is 14.4. The molecule has 1 aromatic carbocycles. The fraction of sp³-hybridized carbons (Fsp3) is 0.143. The molecule has 0 aliphatic carbocycles. The summed E-state index contributed by atoms with van der Waals surface area (Å²) in [6.45, 7) is 0. The van der Waals surface area contributed by atoms with E-state index in [-0.39, 0.29) is 0 Å². The molecule has 0 fully saturated rings. The molecule has 12 heavy (non-hydrogen) atoms. The zero-order valence-electron chi connectivity index (χ0n) is 6.43. The van der Waals surface area contributed by atoms with Gasteiger partial charge in [0.2, 0.25) is 0 Å². The summed E-state index contributed by atoms with van der Waals surface area (Å²) in [5.41, 5.74) is 1.32. The van der Waals surface area contributed by atoms with Gasteiger partial charge >= 0.3 is 0 Å². The molecule has 1 heterocycles. The molecule has 0 atom stereocenters. The van der Waals surface area contributed by atoms with E-state index in [1.165, 1.54) is 0 Å². The highest BCUT2D eigenvalue weighted by molar-refractivity contribution is 5.79. The Labute approximate surface area is 68.4 Å². The summed E-state index contributed by atoms with van der Waals surface area (Å²) in [7, 11) is 1.58. The molecule has 0 spiro atoms. The number of ether oxygens (including phenoxy) is 1. The molecule has 0 saturated heterocycles. The molecule has 60 valence electrons. The van der Waals surface area contributed by atoms with Gasteiger partial charge in [0.1, 0.15) is 11.3 Å². The predicted octanol–water partition coefficient (Wildman–Crippen LogP) is 0.428. The Morgan fingerprint density at radius 2 is 2.00 bits per heavy atom. The average molecular weight is 162 g/mol. The van der Waals surface area contributed by atoms with Crippen molar-refractivity contribution in [1.82, 2.24) is 20.6 Å². The minimum absolute atomic E-state index is 0.634. The van der Waals surface area contributed by atoms with Crippen molar-refractivity contribution in [2.45, 2.75) is 0 Å². The van der Waals surface area contributed by atoms with Gasteiger partial charge in [0.25, 0.3) is 0 Å². The van der Waals surface area contributed by atoms with E-state index in [4.69, 9.17) is 4.74 Å². The van der Waals surface area contributed by atoms with E-state index in [1.807, 2.05) is 6.07 Å². The van der Waals surface area contributed by atoms with Crippen molar-refractivity contribution in [3.63, 3.8) is 0 Å². The Bertz CT molecular complexity index is 398. The summed E-state index contributed by atoms with van der Waals surface area (Å²) in [5.74, 6) is 0.662. The average Bonchev–Trinajstić information content (AvgIpc) is 2.17. The topological polar surface area (TPSA) is 60.8 Å². The molecule has 0 N–H and O–H groups in total. The first-order valence-corrected chi connectivity index (χ1v) is 3.40. The molecule has 0 amide bonds. The number of aromatic nitrogens is 4. The summed E-state index contributed by atoms with van der Waals surface area (Å²) >= 11 is 0. The highest BCUT2D eigenvalue weighted by Gasteiger charge is 2.02. The van der Waals surface area contributed by atoms with Crippen molar-refractivity contribution < 1.29 is 4.74 Å². The van der Waals surface area contributed by atoms with Crippen molar-refractivity contribution in [3.8, 4) is 5.75 Å². The Kier molecular flexibility index (Phi) is 1.55. The SMILES string of the molecule is COc1cccc2nnnnc12. The second-order valence-electron chi connectivity index (χ2n) is 2.21. The number of hydrogen-bond donors (Lipinski definition) is 0. The maximum Gasteiger partial charge on any atom is 0.157 e. The van der Waals surface area contributed by atoms with E-state index in [2.05, 4.69) is 20.6 Å². The first kappa shape index (κ1) is 6.90. The molecule has 0 saturated carbocycles. The molecule has 0 aliphatic rings. The lowest BCUT2D eigenvalue weighted by molar-refractivity contribution is 0.418. The smallest absolute Gasteiger partial charge is 0.157 e. The van der Waals surface area contributed by atoms with Crippen molar-refractivity contribution in [2.24, 2.45) is 0 Å². The lowest BCUT2D eigenvalue weighted by Crippen LogP contribution is -1.94. The van der Waals surface area contributed by atoms with E-state index in [9.17, 15) is 0 Å². The minimum atomic E-state index is 0.634. The second-order valence-corrected chi connectivity index (χ2v) is 2.21. The number of hydrogen-bond acceptors (Lipinski definition) is 5. The lowest BCUT2D eigenvalue weighted by Gasteiger charge is -1.99. The standard InChI is InChI=1S/C7H6N4O/c1-12-6-4-2-3-5-7(6)9-11-10-8-5/h2-4H,1H3. The quantitative estimate of drug-likeness (QED) is 0.608. The van der Waals surface area contributed by atoms with Crippen LogP contribution in [-0.4, -0.2) is 27.7 Å². The van der Waals surface area contributed by atoms with Crippen molar-refractivity contribution in [3.05, 3.63) is 18.2 Å².